The van der Waals surface area contributed by atoms with Crippen LogP contribution < -0.4 is 4.90 Å². The molecule has 0 saturated heterocycles. The fraction of sp³-hybridized carbons (Fsp3) is 0.0357. The second-order valence-corrected chi connectivity index (χ2v) is 7.44. The van der Waals surface area contributed by atoms with Crippen LogP contribution in [0.15, 0.2) is 115 Å². The number of allylic oxidation sites excluding steroid dienone is 1. The number of fused-ring (bicyclic) bond motifs is 1. The van der Waals surface area contributed by atoms with Crippen molar-refractivity contribution in [3.8, 4) is 0 Å². The van der Waals surface area contributed by atoms with Crippen LogP contribution in [-0.2, 0) is 6.42 Å². The zero-order chi connectivity index (χ0) is 20.3. The largest absolute Gasteiger partial charge is 0.311 e. The summed E-state index contributed by atoms with van der Waals surface area (Å²) in [5, 5.41) is 0. The molecule has 0 amide bonds. The maximum Gasteiger partial charge on any atom is 0.189 e. The van der Waals surface area contributed by atoms with Crippen LogP contribution in [0.2, 0.25) is 0 Å². The Morgan fingerprint density at radius 1 is 0.567 bits per heavy atom. The van der Waals surface area contributed by atoms with Crippen molar-refractivity contribution in [2.24, 2.45) is 0 Å². The lowest BCUT2D eigenvalue weighted by molar-refractivity contribution is 0.103. The van der Waals surface area contributed by atoms with Crippen LogP contribution in [0.1, 0.15) is 21.5 Å². The molecule has 0 fully saturated rings. The number of nitrogens with zero attached hydrogens (tertiary/aromatic N) is 1. The van der Waals surface area contributed by atoms with Gasteiger partial charge in [0.05, 0.1) is 0 Å². The molecule has 0 radical (unpaired) electrons. The first kappa shape index (κ1) is 18.1. The Morgan fingerprint density at radius 2 is 1.10 bits per heavy atom. The standard InChI is InChI=1S/C28H21NO/c30-28-23(20-22-9-7-8-14-27(22)28)19-21-15-17-26(18-16-21)29(24-10-3-1-4-11-24)25-12-5-2-6-13-25/h1-18,20H,19H2. The van der Waals surface area contributed by atoms with E-state index in [9.17, 15) is 4.79 Å². The van der Waals surface area contributed by atoms with Gasteiger partial charge >= 0.3 is 0 Å². The molecule has 5 rings (SSSR count). The van der Waals surface area contributed by atoms with Crippen molar-refractivity contribution >= 4 is 28.9 Å². The van der Waals surface area contributed by atoms with E-state index in [0.29, 0.717) is 6.42 Å². The molecule has 0 spiro atoms. The highest BCUT2D eigenvalue weighted by atomic mass is 16.1. The third kappa shape index (κ3) is 3.44. The molecule has 0 saturated carbocycles. The first-order chi connectivity index (χ1) is 14.8. The normalized spacial score (nSPS) is 12.4. The molecule has 1 aliphatic carbocycles. The monoisotopic (exact) mass is 387 g/mol. The van der Waals surface area contributed by atoms with Gasteiger partial charge in [-0.25, -0.2) is 0 Å². The highest BCUT2D eigenvalue weighted by Gasteiger charge is 2.22. The summed E-state index contributed by atoms with van der Waals surface area (Å²) in [6, 6.07) is 37.0. The maximum atomic E-state index is 12.7. The second kappa shape index (κ2) is 7.84. The Morgan fingerprint density at radius 3 is 1.70 bits per heavy atom. The van der Waals surface area contributed by atoms with Crippen molar-refractivity contribution in [2.45, 2.75) is 6.42 Å². The summed E-state index contributed by atoms with van der Waals surface area (Å²) >= 11 is 0. The van der Waals surface area contributed by atoms with Gasteiger partial charge in [-0.15, -0.1) is 0 Å². The van der Waals surface area contributed by atoms with Crippen LogP contribution >= 0.6 is 0 Å². The number of benzene rings is 4. The number of rotatable bonds is 5. The molecule has 1 aliphatic rings. The van der Waals surface area contributed by atoms with Crippen molar-refractivity contribution in [3.63, 3.8) is 0 Å². The van der Waals surface area contributed by atoms with Crippen molar-refractivity contribution < 1.29 is 4.79 Å². The first-order valence-electron chi connectivity index (χ1n) is 10.1. The minimum atomic E-state index is 0.143. The summed E-state index contributed by atoms with van der Waals surface area (Å²) in [6.07, 6.45) is 2.66. The molecule has 0 aromatic heterocycles. The van der Waals surface area contributed by atoms with Gasteiger partial charge in [-0.2, -0.15) is 0 Å². The van der Waals surface area contributed by atoms with Gasteiger partial charge in [-0.3, -0.25) is 4.79 Å². The molecule has 0 unspecified atom stereocenters. The van der Waals surface area contributed by atoms with Crippen LogP contribution in [0.3, 0.4) is 0 Å². The van der Waals surface area contributed by atoms with Crippen molar-refractivity contribution in [2.75, 3.05) is 4.90 Å². The van der Waals surface area contributed by atoms with Gasteiger partial charge in [0.15, 0.2) is 5.78 Å². The molecule has 0 N–H and O–H groups in total. The predicted molar refractivity (Wildman–Crippen MR) is 124 cm³/mol. The number of carbonyl (C=O) groups excluding carboxylic acids is 1. The molecule has 0 atom stereocenters. The summed E-state index contributed by atoms with van der Waals surface area (Å²) in [7, 11) is 0. The van der Waals surface area contributed by atoms with E-state index in [1.54, 1.807) is 0 Å². The van der Waals surface area contributed by atoms with E-state index in [2.05, 4.69) is 77.7 Å². The van der Waals surface area contributed by atoms with Crippen molar-refractivity contribution in [1.29, 1.82) is 0 Å². The van der Waals surface area contributed by atoms with Crippen LogP contribution in [0.5, 0.6) is 0 Å². The predicted octanol–water partition coefficient (Wildman–Crippen LogP) is 6.98. The average Bonchev–Trinajstić information content (AvgIpc) is 3.12. The van der Waals surface area contributed by atoms with E-state index in [4.69, 9.17) is 0 Å². The Balaban J connectivity index is 1.43. The summed E-state index contributed by atoms with van der Waals surface area (Å²) < 4.78 is 0. The molecular weight excluding hydrogens is 366 g/mol. The molecule has 0 bridgehead atoms. The summed E-state index contributed by atoms with van der Waals surface area (Å²) in [5.41, 5.74) is 7.13. The van der Waals surface area contributed by atoms with Crippen molar-refractivity contribution in [1.82, 2.24) is 0 Å². The lowest BCUT2D eigenvalue weighted by atomic mass is 10.0. The lowest BCUT2D eigenvalue weighted by Gasteiger charge is -2.25. The second-order valence-electron chi connectivity index (χ2n) is 7.44. The molecule has 2 heteroatoms. The Kier molecular flexibility index (Phi) is 4.74. The van der Waals surface area contributed by atoms with E-state index in [1.807, 2.05) is 42.5 Å². The Labute approximate surface area is 176 Å². The van der Waals surface area contributed by atoms with E-state index in [-0.39, 0.29) is 5.78 Å². The zero-order valence-electron chi connectivity index (χ0n) is 16.5. The summed E-state index contributed by atoms with van der Waals surface area (Å²) in [4.78, 5) is 14.9. The highest BCUT2D eigenvalue weighted by molar-refractivity contribution is 6.18. The van der Waals surface area contributed by atoms with Crippen LogP contribution in [0.4, 0.5) is 17.1 Å². The summed E-state index contributed by atoms with van der Waals surface area (Å²) in [6.45, 7) is 0. The zero-order valence-corrected chi connectivity index (χ0v) is 16.5. The number of Topliss-reactive ketones (excluding diaryl/α,β-unsaturated/α-hetero) is 1. The van der Waals surface area contributed by atoms with Crippen molar-refractivity contribution in [3.05, 3.63) is 131 Å². The minimum absolute atomic E-state index is 0.143. The smallest absolute Gasteiger partial charge is 0.189 e. The Bertz CT molecular complexity index is 1170. The molecule has 4 aromatic carbocycles. The number of hydrogen-bond donors (Lipinski definition) is 0. The van der Waals surface area contributed by atoms with Gasteiger partial charge in [0.2, 0.25) is 0 Å². The van der Waals surface area contributed by atoms with Crippen LogP contribution in [0.25, 0.3) is 6.08 Å². The average molecular weight is 387 g/mol. The first-order valence-corrected chi connectivity index (χ1v) is 10.1. The van der Waals surface area contributed by atoms with Gasteiger partial charge in [-0.1, -0.05) is 72.8 Å². The molecular formula is C28H21NO. The fourth-order valence-corrected chi connectivity index (χ4v) is 3.97. The number of carbonyl (C=O) groups is 1. The highest BCUT2D eigenvalue weighted by Crippen LogP contribution is 2.34. The van der Waals surface area contributed by atoms with Crippen LogP contribution in [-0.4, -0.2) is 5.78 Å². The minimum Gasteiger partial charge on any atom is -0.311 e. The fourth-order valence-electron chi connectivity index (χ4n) is 3.97. The Hall–Kier alpha value is -3.91. The molecule has 4 aromatic rings. The SMILES string of the molecule is O=C1C(Cc2ccc(N(c3ccccc3)c3ccccc3)cc2)=Cc2ccccc21. The molecule has 2 nitrogen and oxygen atoms in total. The summed E-state index contributed by atoms with van der Waals surface area (Å²) in [5.74, 6) is 0.143. The molecule has 0 heterocycles. The third-order valence-corrected chi connectivity index (χ3v) is 5.44. The lowest BCUT2D eigenvalue weighted by Crippen LogP contribution is -2.09. The van der Waals surface area contributed by atoms with E-state index < -0.39 is 0 Å². The molecule has 144 valence electrons. The quantitative estimate of drug-likeness (QED) is 0.368. The van der Waals surface area contributed by atoms with E-state index in [1.165, 1.54) is 0 Å². The number of para-hydroxylation sites is 2. The maximum absolute atomic E-state index is 12.7. The molecule has 0 aliphatic heterocycles. The van der Waals surface area contributed by atoms with E-state index >= 15 is 0 Å². The van der Waals surface area contributed by atoms with Crippen LogP contribution in [0, 0.1) is 0 Å². The van der Waals surface area contributed by atoms with Gasteiger partial charge in [0, 0.05) is 34.6 Å². The topological polar surface area (TPSA) is 20.3 Å². The van der Waals surface area contributed by atoms with Gasteiger partial charge in [-0.05, 0) is 53.6 Å². The van der Waals surface area contributed by atoms with E-state index in [0.717, 1.165) is 39.3 Å². The van der Waals surface area contributed by atoms with Gasteiger partial charge in [0.1, 0.15) is 0 Å². The number of ketones is 1. The number of hydrogen-bond acceptors (Lipinski definition) is 2. The number of anilines is 3. The molecule has 30 heavy (non-hydrogen) atoms. The third-order valence-electron chi connectivity index (χ3n) is 5.44. The van der Waals surface area contributed by atoms with Gasteiger partial charge < -0.3 is 4.90 Å². The van der Waals surface area contributed by atoms with Gasteiger partial charge in [0.25, 0.3) is 0 Å².